The van der Waals surface area contributed by atoms with Crippen LogP contribution in [-0.2, 0) is 6.54 Å². The van der Waals surface area contributed by atoms with Crippen LogP contribution in [0.15, 0.2) is 24.4 Å². The lowest BCUT2D eigenvalue weighted by atomic mass is 10.1. The SMILES string of the molecule is CCCCCCCC(CN)N(C)Cc1ccccn1. The van der Waals surface area contributed by atoms with E-state index in [0.29, 0.717) is 6.04 Å². The summed E-state index contributed by atoms with van der Waals surface area (Å²) in [6.07, 6.45) is 9.69. The quantitative estimate of drug-likeness (QED) is 0.659. The Labute approximate surface area is 118 Å². The number of pyridine rings is 1. The second kappa shape index (κ2) is 9.93. The average Bonchev–Trinajstić information content (AvgIpc) is 2.44. The van der Waals surface area contributed by atoms with Gasteiger partial charge >= 0.3 is 0 Å². The minimum atomic E-state index is 0.476. The molecular formula is C16H29N3. The normalized spacial score (nSPS) is 12.8. The van der Waals surface area contributed by atoms with Gasteiger partial charge in [0.25, 0.3) is 0 Å². The average molecular weight is 263 g/mol. The molecule has 0 amide bonds. The number of unbranched alkanes of at least 4 members (excludes halogenated alkanes) is 4. The van der Waals surface area contributed by atoms with Gasteiger partial charge in [-0.05, 0) is 25.6 Å². The third-order valence-electron chi connectivity index (χ3n) is 3.67. The van der Waals surface area contributed by atoms with Gasteiger partial charge in [0, 0.05) is 25.3 Å². The first-order chi connectivity index (χ1) is 9.27. The first-order valence-corrected chi connectivity index (χ1v) is 7.58. The van der Waals surface area contributed by atoms with Gasteiger partial charge in [-0.15, -0.1) is 0 Å². The molecule has 0 saturated heterocycles. The third kappa shape index (κ3) is 6.69. The van der Waals surface area contributed by atoms with E-state index in [9.17, 15) is 0 Å². The van der Waals surface area contributed by atoms with Crippen LogP contribution in [-0.4, -0.2) is 29.5 Å². The molecule has 0 aliphatic rings. The van der Waals surface area contributed by atoms with Crippen LogP contribution in [0.1, 0.15) is 51.1 Å². The molecule has 19 heavy (non-hydrogen) atoms. The zero-order valence-electron chi connectivity index (χ0n) is 12.5. The van der Waals surface area contributed by atoms with Crippen molar-refractivity contribution in [1.29, 1.82) is 0 Å². The van der Waals surface area contributed by atoms with Crippen LogP contribution in [0.25, 0.3) is 0 Å². The molecule has 0 aliphatic heterocycles. The molecule has 3 heteroatoms. The maximum Gasteiger partial charge on any atom is 0.0543 e. The molecule has 0 bridgehead atoms. The number of nitrogens with two attached hydrogens (primary N) is 1. The van der Waals surface area contributed by atoms with Crippen molar-refractivity contribution in [2.75, 3.05) is 13.6 Å². The van der Waals surface area contributed by atoms with E-state index in [4.69, 9.17) is 5.73 Å². The topological polar surface area (TPSA) is 42.1 Å². The number of hydrogen-bond donors (Lipinski definition) is 1. The number of hydrogen-bond acceptors (Lipinski definition) is 3. The molecular weight excluding hydrogens is 234 g/mol. The van der Waals surface area contributed by atoms with Crippen LogP contribution in [0.2, 0.25) is 0 Å². The predicted molar refractivity (Wildman–Crippen MR) is 81.9 cm³/mol. The molecule has 0 fully saturated rings. The highest BCUT2D eigenvalue weighted by atomic mass is 15.1. The highest BCUT2D eigenvalue weighted by molar-refractivity contribution is 5.03. The molecule has 0 aliphatic carbocycles. The Morgan fingerprint density at radius 1 is 1.21 bits per heavy atom. The Kier molecular flexibility index (Phi) is 8.43. The van der Waals surface area contributed by atoms with Crippen molar-refractivity contribution in [3.8, 4) is 0 Å². The van der Waals surface area contributed by atoms with Gasteiger partial charge in [0.1, 0.15) is 0 Å². The van der Waals surface area contributed by atoms with Crippen molar-refractivity contribution in [2.24, 2.45) is 5.73 Å². The van der Waals surface area contributed by atoms with Crippen LogP contribution < -0.4 is 5.73 Å². The Balaban J connectivity index is 2.29. The van der Waals surface area contributed by atoms with Gasteiger partial charge in [-0.1, -0.05) is 45.1 Å². The Morgan fingerprint density at radius 2 is 2.00 bits per heavy atom. The third-order valence-corrected chi connectivity index (χ3v) is 3.67. The van der Waals surface area contributed by atoms with E-state index in [-0.39, 0.29) is 0 Å². The van der Waals surface area contributed by atoms with E-state index in [0.717, 1.165) is 18.8 Å². The molecule has 0 saturated carbocycles. The summed E-state index contributed by atoms with van der Waals surface area (Å²) in [7, 11) is 2.15. The van der Waals surface area contributed by atoms with Crippen LogP contribution in [0.5, 0.6) is 0 Å². The second-order valence-electron chi connectivity index (χ2n) is 5.33. The molecule has 0 radical (unpaired) electrons. The molecule has 1 unspecified atom stereocenters. The van der Waals surface area contributed by atoms with Crippen molar-refractivity contribution >= 4 is 0 Å². The fourth-order valence-corrected chi connectivity index (χ4v) is 2.38. The predicted octanol–water partition coefficient (Wildman–Crippen LogP) is 3.20. The van der Waals surface area contributed by atoms with Crippen LogP contribution in [0, 0.1) is 0 Å². The largest absolute Gasteiger partial charge is 0.329 e. The molecule has 3 nitrogen and oxygen atoms in total. The molecule has 1 aromatic rings. The summed E-state index contributed by atoms with van der Waals surface area (Å²) < 4.78 is 0. The van der Waals surface area contributed by atoms with E-state index in [1.165, 1.54) is 38.5 Å². The molecule has 108 valence electrons. The van der Waals surface area contributed by atoms with E-state index >= 15 is 0 Å². The van der Waals surface area contributed by atoms with Gasteiger partial charge < -0.3 is 5.73 Å². The van der Waals surface area contributed by atoms with Gasteiger partial charge in [-0.2, -0.15) is 0 Å². The monoisotopic (exact) mass is 263 g/mol. The van der Waals surface area contributed by atoms with E-state index in [2.05, 4.69) is 29.9 Å². The van der Waals surface area contributed by atoms with Crippen LogP contribution in [0.4, 0.5) is 0 Å². The standard InChI is InChI=1S/C16H29N3/c1-3-4-5-6-7-11-16(13-17)19(2)14-15-10-8-9-12-18-15/h8-10,12,16H,3-7,11,13-14,17H2,1-2H3. The number of nitrogens with zero attached hydrogens (tertiary/aromatic N) is 2. The van der Waals surface area contributed by atoms with Gasteiger partial charge in [0.2, 0.25) is 0 Å². The molecule has 0 spiro atoms. The second-order valence-corrected chi connectivity index (χ2v) is 5.33. The van der Waals surface area contributed by atoms with E-state index in [1.807, 2.05) is 18.3 Å². The highest BCUT2D eigenvalue weighted by Crippen LogP contribution is 2.12. The van der Waals surface area contributed by atoms with Crippen molar-refractivity contribution in [1.82, 2.24) is 9.88 Å². The Bertz CT molecular complexity index is 313. The summed E-state index contributed by atoms with van der Waals surface area (Å²) in [6.45, 7) is 3.87. The van der Waals surface area contributed by atoms with Crippen molar-refractivity contribution in [3.05, 3.63) is 30.1 Å². The van der Waals surface area contributed by atoms with E-state index in [1.54, 1.807) is 0 Å². The molecule has 1 aromatic heterocycles. The van der Waals surface area contributed by atoms with Gasteiger partial charge in [0.05, 0.1) is 5.69 Å². The Hall–Kier alpha value is -0.930. The van der Waals surface area contributed by atoms with Crippen LogP contribution >= 0.6 is 0 Å². The number of rotatable bonds is 10. The zero-order chi connectivity index (χ0) is 13.9. The fraction of sp³-hybridized carbons (Fsp3) is 0.688. The zero-order valence-corrected chi connectivity index (χ0v) is 12.5. The first-order valence-electron chi connectivity index (χ1n) is 7.58. The van der Waals surface area contributed by atoms with E-state index < -0.39 is 0 Å². The summed E-state index contributed by atoms with van der Waals surface area (Å²) >= 11 is 0. The Morgan fingerprint density at radius 3 is 2.63 bits per heavy atom. The minimum absolute atomic E-state index is 0.476. The highest BCUT2D eigenvalue weighted by Gasteiger charge is 2.13. The molecule has 0 aromatic carbocycles. The van der Waals surface area contributed by atoms with Gasteiger partial charge in [-0.3, -0.25) is 9.88 Å². The number of likely N-dealkylation sites (N-methyl/N-ethyl adjacent to an activating group) is 1. The minimum Gasteiger partial charge on any atom is -0.329 e. The van der Waals surface area contributed by atoms with Crippen LogP contribution in [0.3, 0.4) is 0 Å². The van der Waals surface area contributed by atoms with Crippen molar-refractivity contribution in [2.45, 2.75) is 58.0 Å². The summed E-state index contributed by atoms with van der Waals surface area (Å²) in [5.41, 5.74) is 7.03. The molecule has 1 atom stereocenters. The molecule has 1 rings (SSSR count). The maximum absolute atomic E-state index is 5.91. The number of aromatic nitrogens is 1. The lowest BCUT2D eigenvalue weighted by Gasteiger charge is -2.26. The first kappa shape index (κ1) is 16.1. The van der Waals surface area contributed by atoms with Gasteiger partial charge in [-0.25, -0.2) is 0 Å². The molecule has 1 heterocycles. The summed E-state index contributed by atoms with van der Waals surface area (Å²) in [5, 5.41) is 0. The fourth-order valence-electron chi connectivity index (χ4n) is 2.38. The summed E-state index contributed by atoms with van der Waals surface area (Å²) in [4.78, 5) is 6.71. The maximum atomic E-state index is 5.91. The van der Waals surface area contributed by atoms with Crippen molar-refractivity contribution in [3.63, 3.8) is 0 Å². The lowest BCUT2D eigenvalue weighted by molar-refractivity contribution is 0.220. The van der Waals surface area contributed by atoms with Crippen molar-refractivity contribution < 1.29 is 0 Å². The summed E-state index contributed by atoms with van der Waals surface area (Å²) in [5.74, 6) is 0. The smallest absolute Gasteiger partial charge is 0.0543 e. The van der Waals surface area contributed by atoms with Gasteiger partial charge in [0.15, 0.2) is 0 Å². The summed E-state index contributed by atoms with van der Waals surface area (Å²) in [6, 6.07) is 6.55. The molecule has 2 N–H and O–H groups in total. The lowest BCUT2D eigenvalue weighted by Crippen LogP contribution is -2.37.